The lowest BCUT2D eigenvalue weighted by molar-refractivity contribution is -0.161. The molecule has 2 amide bonds. The Hall–Kier alpha value is -2.04. The molecule has 1 atom stereocenters. The lowest BCUT2D eigenvalue weighted by Gasteiger charge is -2.43. The molecule has 0 spiro atoms. The number of ether oxygens (including phenoxy) is 1. The number of benzene rings is 1. The molecule has 0 aromatic heterocycles. The van der Waals surface area contributed by atoms with Gasteiger partial charge >= 0.3 is 6.09 Å². The molecule has 0 radical (unpaired) electrons. The average Bonchev–Trinajstić information content (AvgIpc) is 2.36. The zero-order chi connectivity index (χ0) is 16.3. The fraction of sp³-hybridized carbons (Fsp3) is 0.500. The first-order valence-electron chi connectivity index (χ1n) is 6.84. The van der Waals surface area contributed by atoms with Crippen LogP contribution in [0.4, 0.5) is 4.79 Å². The summed E-state index contributed by atoms with van der Waals surface area (Å²) in [7, 11) is 3.27. The Morgan fingerprint density at radius 1 is 1.14 bits per heavy atom. The highest BCUT2D eigenvalue weighted by Crippen LogP contribution is 2.38. The number of rotatable bonds is 4. The van der Waals surface area contributed by atoms with Gasteiger partial charge in [-0.1, -0.05) is 51.1 Å². The minimum atomic E-state index is -1.34. The maximum atomic E-state index is 12.7. The number of nitrogens with two attached hydrogens (primary N) is 1. The van der Waals surface area contributed by atoms with Crippen LogP contribution in [0.1, 0.15) is 26.3 Å². The monoisotopic (exact) mass is 292 g/mol. The Kier molecular flexibility index (Phi) is 4.99. The summed E-state index contributed by atoms with van der Waals surface area (Å²) in [5.41, 5.74) is 4.19. The first-order valence-corrected chi connectivity index (χ1v) is 6.84. The largest absolute Gasteiger partial charge is 0.432 e. The fourth-order valence-electron chi connectivity index (χ4n) is 2.31. The van der Waals surface area contributed by atoms with Gasteiger partial charge in [-0.15, -0.1) is 0 Å². The molecule has 116 valence electrons. The van der Waals surface area contributed by atoms with E-state index < -0.39 is 17.1 Å². The van der Waals surface area contributed by atoms with Crippen molar-refractivity contribution in [1.29, 1.82) is 0 Å². The molecule has 0 aliphatic rings. The van der Waals surface area contributed by atoms with Crippen LogP contribution in [-0.2, 0) is 16.0 Å². The summed E-state index contributed by atoms with van der Waals surface area (Å²) in [6, 6.07) is 9.45. The van der Waals surface area contributed by atoms with Crippen molar-refractivity contribution in [3.8, 4) is 0 Å². The summed E-state index contributed by atoms with van der Waals surface area (Å²) in [5, 5.41) is 0. The van der Waals surface area contributed by atoms with Gasteiger partial charge in [0.2, 0.25) is 5.60 Å². The van der Waals surface area contributed by atoms with Gasteiger partial charge in [-0.3, -0.25) is 4.79 Å². The van der Waals surface area contributed by atoms with Crippen LogP contribution in [0.5, 0.6) is 0 Å². The van der Waals surface area contributed by atoms with E-state index in [0.717, 1.165) is 5.56 Å². The smallest absolute Gasteiger partial charge is 0.405 e. The lowest BCUT2D eigenvalue weighted by Crippen LogP contribution is -2.59. The van der Waals surface area contributed by atoms with E-state index >= 15 is 0 Å². The van der Waals surface area contributed by atoms with E-state index in [2.05, 4.69) is 0 Å². The second-order valence-electron chi connectivity index (χ2n) is 6.36. The molecular formula is C16H24N2O3. The third-order valence-electron chi connectivity index (χ3n) is 3.53. The summed E-state index contributed by atoms with van der Waals surface area (Å²) >= 11 is 0. The molecule has 1 rings (SSSR count). The molecule has 5 nitrogen and oxygen atoms in total. The highest BCUT2D eigenvalue weighted by Gasteiger charge is 2.52. The van der Waals surface area contributed by atoms with Crippen molar-refractivity contribution in [3.05, 3.63) is 35.9 Å². The van der Waals surface area contributed by atoms with E-state index in [0.29, 0.717) is 0 Å². The molecule has 2 N–H and O–H groups in total. The van der Waals surface area contributed by atoms with E-state index in [-0.39, 0.29) is 12.3 Å². The zero-order valence-electron chi connectivity index (χ0n) is 13.3. The Labute approximate surface area is 126 Å². The number of likely N-dealkylation sites (N-methyl/N-ethyl adjacent to an activating group) is 1. The summed E-state index contributed by atoms with van der Waals surface area (Å²) in [6.07, 6.45) is -0.673. The predicted octanol–water partition coefficient (Wildman–Crippen LogP) is 2.20. The van der Waals surface area contributed by atoms with Crippen LogP contribution in [0, 0.1) is 5.41 Å². The van der Waals surface area contributed by atoms with Crippen LogP contribution in [0.15, 0.2) is 30.3 Å². The number of primary amides is 1. The van der Waals surface area contributed by atoms with E-state index in [4.69, 9.17) is 10.5 Å². The maximum absolute atomic E-state index is 12.7. The first kappa shape index (κ1) is 17.0. The molecule has 0 aliphatic heterocycles. The Morgan fingerprint density at radius 3 is 2.05 bits per heavy atom. The predicted molar refractivity (Wildman–Crippen MR) is 81.7 cm³/mol. The molecule has 21 heavy (non-hydrogen) atoms. The maximum Gasteiger partial charge on any atom is 0.405 e. The van der Waals surface area contributed by atoms with Crippen molar-refractivity contribution in [2.45, 2.75) is 32.8 Å². The number of hydrogen-bond acceptors (Lipinski definition) is 3. The van der Waals surface area contributed by atoms with Crippen molar-refractivity contribution in [2.75, 3.05) is 14.1 Å². The SMILES string of the molecule is CN(C)C(=O)[C@@](Cc1ccccc1)(OC(N)=O)C(C)(C)C. The number of carbonyl (C=O) groups is 2. The molecule has 0 bridgehead atoms. The van der Waals surface area contributed by atoms with Gasteiger partial charge < -0.3 is 15.4 Å². The molecule has 5 heteroatoms. The summed E-state index contributed by atoms with van der Waals surface area (Å²) in [6.45, 7) is 5.58. The summed E-state index contributed by atoms with van der Waals surface area (Å²) in [4.78, 5) is 25.6. The van der Waals surface area contributed by atoms with E-state index in [1.165, 1.54) is 4.90 Å². The van der Waals surface area contributed by atoms with Crippen LogP contribution in [0.2, 0.25) is 0 Å². The quantitative estimate of drug-likeness (QED) is 0.924. The van der Waals surface area contributed by atoms with Crippen LogP contribution >= 0.6 is 0 Å². The molecule has 0 aliphatic carbocycles. The fourth-order valence-corrected chi connectivity index (χ4v) is 2.31. The van der Waals surface area contributed by atoms with Gasteiger partial charge in [-0.2, -0.15) is 0 Å². The van der Waals surface area contributed by atoms with Gasteiger partial charge in [0.25, 0.3) is 5.91 Å². The third-order valence-corrected chi connectivity index (χ3v) is 3.53. The lowest BCUT2D eigenvalue weighted by atomic mass is 9.71. The molecule has 0 unspecified atom stereocenters. The average molecular weight is 292 g/mol. The zero-order valence-corrected chi connectivity index (χ0v) is 13.3. The number of amides is 2. The van der Waals surface area contributed by atoms with Crippen LogP contribution in [0.3, 0.4) is 0 Å². The molecule has 1 aromatic rings. The second kappa shape index (κ2) is 6.16. The number of hydrogen-bond donors (Lipinski definition) is 1. The van der Waals surface area contributed by atoms with Crippen LogP contribution < -0.4 is 5.73 Å². The van der Waals surface area contributed by atoms with Crippen LogP contribution in [0.25, 0.3) is 0 Å². The first-order chi connectivity index (χ1) is 9.60. The van der Waals surface area contributed by atoms with E-state index in [1.54, 1.807) is 14.1 Å². The Balaban J connectivity index is 3.36. The minimum absolute atomic E-state index is 0.275. The highest BCUT2D eigenvalue weighted by molar-refractivity contribution is 5.88. The van der Waals surface area contributed by atoms with E-state index in [1.807, 2.05) is 51.1 Å². The van der Waals surface area contributed by atoms with Crippen LogP contribution in [-0.4, -0.2) is 36.6 Å². The normalized spacial score (nSPS) is 14.1. The van der Waals surface area contributed by atoms with Gasteiger partial charge in [-0.05, 0) is 5.56 Å². The molecule has 0 saturated heterocycles. The Bertz CT molecular complexity index is 506. The topological polar surface area (TPSA) is 72.6 Å². The van der Waals surface area contributed by atoms with Crippen molar-refractivity contribution in [3.63, 3.8) is 0 Å². The molecular weight excluding hydrogens is 268 g/mol. The number of nitrogens with zero attached hydrogens (tertiary/aromatic N) is 1. The second-order valence-corrected chi connectivity index (χ2v) is 6.36. The molecule has 0 fully saturated rings. The van der Waals surface area contributed by atoms with Gasteiger partial charge in [0.05, 0.1) is 0 Å². The highest BCUT2D eigenvalue weighted by atomic mass is 16.6. The molecule has 0 heterocycles. The van der Waals surface area contributed by atoms with Crippen molar-refractivity contribution in [2.24, 2.45) is 11.1 Å². The van der Waals surface area contributed by atoms with Gasteiger partial charge in [0.15, 0.2) is 0 Å². The van der Waals surface area contributed by atoms with Gasteiger partial charge in [0.1, 0.15) is 0 Å². The standard InChI is InChI=1S/C16H24N2O3/c1-15(2,3)16(21-14(17)20,13(19)18(4)5)11-12-9-7-6-8-10-12/h6-10H,11H2,1-5H3,(H2,17,20)/t16-/m1/s1. The van der Waals surface area contributed by atoms with Crippen molar-refractivity contribution >= 4 is 12.0 Å². The van der Waals surface area contributed by atoms with Gasteiger partial charge in [0, 0.05) is 25.9 Å². The summed E-state index contributed by atoms with van der Waals surface area (Å²) < 4.78 is 5.38. The Morgan fingerprint density at radius 2 is 1.67 bits per heavy atom. The van der Waals surface area contributed by atoms with Crippen molar-refractivity contribution < 1.29 is 14.3 Å². The third kappa shape index (κ3) is 3.74. The molecule has 0 saturated carbocycles. The van der Waals surface area contributed by atoms with Gasteiger partial charge in [-0.25, -0.2) is 4.79 Å². The number of carbonyl (C=O) groups excluding carboxylic acids is 2. The summed E-state index contributed by atoms with van der Waals surface area (Å²) in [5.74, 6) is -0.280. The molecule has 1 aromatic carbocycles. The van der Waals surface area contributed by atoms with E-state index in [9.17, 15) is 9.59 Å². The van der Waals surface area contributed by atoms with Crippen molar-refractivity contribution in [1.82, 2.24) is 4.90 Å². The minimum Gasteiger partial charge on any atom is -0.432 e.